The van der Waals surface area contributed by atoms with E-state index in [-0.39, 0.29) is 17.2 Å². The smallest absolute Gasteiger partial charge is 0.338 e. The molecule has 1 spiro atoms. The van der Waals surface area contributed by atoms with Crippen molar-refractivity contribution in [1.29, 1.82) is 0 Å². The Balaban J connectivity index is 1.51. The van der Waals surface area contributed by atoms with E-state index in [4.69, 9.17) is 4.74 Å². The highest BCUT2D eigenvalue weighted by atomic mass is 16.5. The Hall–Kier alpha value is -2.46. The first-order chi connectivity index (χ1) is 12.6. The fourth-order valence-electron chi connectivity index (χ4n) is 4.38. The van der Waals surface area contributed by atoms with Gasteiger partial charge in [-0.2, -0.15) is 0 Å². The normalized spacial score (nSPS) is 18.7. The van der Waals surface area contributed by atoms with Gasteiger partial charge in [-0.05, 0) is 49.5 Å². The number of ketones is 1. The van der Waals surface area contributed by atoms with Gasteiger partial charge in [0.1, 0.15) is 0 Å². The Morgan fingerprint density at radius 2 is 1.81 bits per heavy atom. The third-order valence-corrected chi connectivity index (χ3v) is 5.88. The highest BCUT2D eigenvalue weighted by Gasteiger charge is 2.48. The molecule has 2 aliphatic rings. The molecule has 1 aliphatic heterocycles. The Morgan fingerprint density at radius 1 is 1.08 bits per heavy atom. The van der Waals surface area contributed by atoms with Crippen molar-refractivity contribution in [2.75, 3.05) is 20.2 Å². The number of hydrogen-bond acceptors (Lipinski definition) is 4. The third kappa shape index (κ3) is 2.84. The number of piperidine rings is 1. The molecule has 0 unspecified atom stereocenters. The molecule has 1 aliphatic carbocycles. The van der Waals surface area contributed by atoms with Crippen LogP contribution in [0.25, 0.3) is 0 Å². The molecule has 0 aromatic heterocycles. The van der Waals surface area contributed by atoms with E-state index in [0.717, 1.165) is 38.0 Å². The highest BCUT2D eigenvalue weighted by Crippen LogP contribution is 2.45. The number of carbonyl (C=O) groups excluding carboxylic acids is 2. The Labute approximate surface area is 153 Å². The summed E-state index contributed by atoms with van der Waals surface area (Å²) in [5.74, 6) is -0.147. The SMILES string of the molecule is COC(=O)c1cccc2c1CC1(CCN(Cc3ccccc3)CC1)C2=O. The first-order valence-corrected chi connectivity index (χ1v) is 9.14. The molecule has 4 heteroatoms. The van der Waals surface area contributed by atoms with Crippen molar-refractivity contribution in [3.63, 3.8) is 0 Å². The minimum Gasteiger partial charge on any atom is -0.465 e. The second-order valence-corrected chi connectivity index (χ2v) is 7.37. The first-order valence-electron chi connectivity index (χ1n) is 9.14. The number of rotatable bonds is 3. The fraction of sp³-hybridized carbons (Fsp3) is 0.364. The number of benzene rings is 2. The van der Waals surface area contributed by atoms with Gasteiger partial charge in [0.25, 0.3) is 0 Å². The van der Waals surface area contributed by atoms with Gasteiger partial charge in [-0.15, -0.1) is 0 Å². The Bertz CT molecular complexity index is 836. The van der Waals surface area contributed by atoms with Crippen molar-refractivity contribution in [2.45, 2.75) is 25.8 Å². The zero-order valence-corrected chi connectivity index (χ0v) is 15.0. The molecule has 4 nitrogen and oxygen atoms in total. The van der Waals surface area contributed by atoms with Crippen LogP contribution in [0.5, 0.6) is 0 Å². The molecule has 0 radical (unpaired) electrons. The largest absolute Gasteiger partial charge is 0.465 e. The molecule has 1 fully saturated rings. The van der Waals surface area contributed by atoms with Crippen molar-refractivity contribution in [1.82, 2.24) is 4.90 Å². The van der Waals surface area contributed by atoms with Crippen molar-refractivity contribution < 1.29 is 14.3 Å². The Kier molecular flexibility index (Phi) is 4.37. The molecule has 0 N–H and O–H groups in total. The number of likely N-dealkylation sites (tertiary alicyclic amines) is 1. The molecule has 1 saturated heterocycles. The lowest BCUT2D eigenvalue weighted by Crippen LogP contribution is -2.42. The summed E-state index contributed by atoms with van der Waals surface area (Å²) in [4.78, 5) is 27.6. The number of esters is 1. The van der Waals surface area contributed by atoms with Crippen molar-refractivity contribution in [3.8, 4) is 0 Å². The molecule has 4 rings (SSSR count). The topological polar surface area (TPSA) is 46.6 Å². The number of hydrogen-bond donors (Lipinski definition) is 0. The lowest BCUT2D eigenvalue weighted by molar-refractivity contribution is 0.0588. The van der Waals surface area contributed by atoms with E-state index in [2.05, 4.69) is 29.2 Å². The van der Waals surface area contributed by atoms with E-state index in [1.807, 2.05) is 12.1 Å². The lowest BCUT2D eigenvalue weighted by Gasteiger charge is -2.38. The molecule has 0 bridgehead atoms. The zero-order chi connectivity index (χ0) is 18.1. The maximum atomic E-state index is 13.1. The monoisotopic (exact) mass is 349 g/mol. The van der Waals surface area contributed by atoms with Gasteiger partial charge in [0.2, 0.25) is 0 Å². The standard InChI is InChI=1S/C22H23NO3/c1-26-21(25)18-9-5-8-17-19(18)14-22(20(17)24)10-12-23(13-11-22)15-16-6-3-2-4-7-16/h2-9H,10-15H2,1H3. The number of carbonyl (C=O) groups is 2. The van der Waals surface area contributed by atoms with Crippen molar-refractivity contribution in [2.24, 2.45) is 5.41 Å². The molecule has 0 atom stereocenters. The Morgan fingerprint density at radius 3 is 2.50 bits per heavy atom. The molecule has 1 heterocycles. The molecular weight excluding hydrogens is 326 g/mol. The summed E-state index contributed by atoms with van der Waals surface area (Å²) in [6.07, 6.45) is 2.34. The fourth-order valence-corrected chi connectivity index (χ4v) is 4.38. The van der Waals surface area contributed by atoms with Crippen molar-refractivity contribution >= 4 is 11.8 Å². The van der Waals surface area contributed by atoms with E-state index < -0.39 is 0 Å². The summed E-state index contributed by atoms with van der Waals surface area (Å²) in [5, 5.41) is 0. The molecule has 26 heavy (non-hydrogen) atoms. The number of methoxy groups -OCH3 is 1. The van der Waals surface area contributed by atoms with E-state index in [1.54, 1.807) is 12.1 Å². The second kappa shape index (κ2) is 6.69. The van der Waals surface area contributed by atoms with Crippen LogP contribution in [0.4, 0.5) is 0 Å². The number of fused-ring (bicyclic) bond motifs is 1. The van der Waals surface area contributed by atoms with Gasteiger partial charge in [-0.25, -0.2) is 4.79 Å². The summed E-state index contributed by atoms with van der Waals surface area (Å²) < 4.78 is 4.90. The van der Waals surface area contributed by atoms with Crippen LogP contribution in [-0.2, 0) is 17.7 Å². The predicted molar refractivity (Wildman–Crippen MR) is 99.2 cm³/mol. The minimum absolute atomic E-state index is 0.206. The predicted octanol–water partition coefficient (Wildman–Crippen LogP) is 3.49. The van der Waals surface area contributed by atoms with Crippen LogP contribution in [0.2, 0.25) is 0 Å². The van der Waals surface area contributed by atoms with E-state index >= 15 is 0 Å². The van der Waals surface area contributed by atoms with Gasteiger partial charge in [0, 0.05) is 17.5 Å². The second-order valence-electron chi connectivity index (χ2n) is 7.37. The van der Waals surface area contributed by atoms with Crippen LogP contribution in [0.3, 0.4) is 0 Å². The van der Waals surface area contributed by atoms with Crippen LogP contribution in [0.15, 0.2) is 48.5 Å². The maximum Gasteiger partial charge on any atom is 0.338 e. The number of Topliss-reactive ketones (excluding diaryl/α,β-unsaturated/α-hetero) is 1. The highest BCUT2D eigenvalue weighted by molar-refractivity contribution is 6.08. The van der Waals surface area contributed by atoms with Gasteiger partial charge in [-0.1, -0.05) is 42.5 Å². The minimum atomic E-state index is -0.354. The summed E-state index contributed by atoms with van der Waals surface area (Å²) in [6, 6.07) is 15.8. The maximum absolute atomic E-state index is 13.1. The third-order valence-electron chi connectivity index (χ3n) is 5.88. The van der Waals surface area contributed by atoms with Crippen LogP contribution < -0.4 is 0 Å². The van der Waals surface area contributed by atoms with Gasteiger partial charge >= 0.3 is 5.97 Å². The van der Waals surface area contributed by atoms with Crippen molar-refractivity contribution in [3.05, 3.63) is 70.8 Å². The molecule has 2 aromatic rings. The first kappa shape index (κ1) is 17.0. The van der Waals surface area contributed by atoms with Gasteiger partial charge in [0.15, 0.2) is 5.78 Å². The summed E-state index contributed by atoms with van der Waals surface area (Å²) in [7, 11) is 1.39. The van der Waals surface area contributed by atoms with E-state index in [9.17, 15) is 9.59 Å². The van der Waals surface area contributed by atoms with Gasteiger partial charge in [-0.3, -0.25) is 9.69 Å². The van der Waals surface area contributed by atoms with Gasteiger partial charge < -0.3 is 4.74 Å². The van der Waals surface area contributed by atoms with E-state index in [0.29, 0.717) is 17.5 Å². The number of ether oxygens (including phenoxy) is 1. The number of nitrogens with zero attached hydrogens (tertiary/aromatic N) is 1. The van der Waals surface area contributed by atoms with Crippen LogP contribution in [0, 0.1) is 5.41 Å². The summed E-state index contributed by atoms with van der Waals surface area (Å²) in [5.41, 5.74) is 3.09. The molecule has 0 amide bonds. The molecule has 0 saturated carbocycles. The lowest BCUT2D eigenvalue weighted by atomic mass is 9.75. The summed E-state index contributed by atoms with van der Waals surface area (Å²) >= 11 is 0. The zero-order valence-electron chi connectivity index (χ0n) is 15.0. The molecule has 134 valence electrons. The molecular formula is C22H23NO3. The van der Waals surface area contributed by atoms with E-state index in [1.165, 1.54) is 12.7 Å². The van der Waals surface area contributed by atoms with Crippen LogP contribution in [0.1, 0.15) is 44.7 Å². The molecule has 2 aromatic carbocycles. The van der Waals surface area contributed by atoms with Crippen LogP contribution >= 0.6 is 0 Å². The van der Waals surface area contributed by atoms with Gasteiger partial charge in [0.05, 0.1) is 12.7 Å². The average Bonchev–Trinajstić information content (AvgIpc) is 2.96. The summed E-state index contributed by atoms with van der Waals surface area (Å²) in [6.45, 7) is 2.73. The van der Waals surface area contributed by atoms with Crippen LogP contribution in [-0.4, -0.2) is 36.9 Å². The average molecular weight is 349 g/mol. The quantitative estimate of drug-likeness (QED) is 0.796.